The third-order valence-electron chi connectivity index (χ3n) is 2.50. The molecule has 0 radical (unpaired) electrons. The van der Waals surface area contributed by atoms with Gasteiger partial charge in [0.1, 0.15) is 10.8 Å². The number of hydrogen-bond donors (Lipinski definition) is 2. The van der Waals surface area contributed by atoms with Crippen molar-refractivity contribution in [2.24, 2.45) is 0 Å². The minimum Gasteiger partial charge on any atom is -0.475 e. The SMILES string of the molecule is CSc1ncccc1C(=O)NCc1ccc(C(=O)O)o1. The number of amides is 1. The Morgan fingerprint density at radius 3 is 2.85 bits per heavy atom. The Morgan fingerprint density at radius 1 is 1.40 bits per heavy atom. The maximum atomic E-state index is 12.0. The third-order valence-corrected chi connectivity index (χ3v) is 3.22. The lowest BCUT2D eigenvalue weighted by Gasteiger charge is -2.06. The number of furan rings is 1. The standard InChI is InChI=1S/C13H12N2O4S/c1-20-12-9(3-2-6-14-12)11(16)15-7-8-4-5-10(19-8)13(17)18/h2-6H,7H2,1H3,(H,15,16)(H,17,18). The first kappa shape index (κ1) is 14.1. The number of carboxylic acid groups (broad SMARTS) is 1. The zero-order chi connectivity index (χ0) is 14.5. The maximum Gasteiger partial charge on any atom is 0.371 e. The number of carboxylic acids is 1. The Hall–Kier alpha value is -2.28. The summed E-state index contributed by atoms with van der Waals surface area (Å²) in [5.74, 6) is -1.19. The average molecular weight is 292 g/mol. The van der Waals surface area contributed by atoms with Gasteiger partial charge in [-0.15, -0.1) is 11.8 Å². The van der Waals surface area contributed by atoms with Crippen LogP contribution >= 0.6 is 11.8 Å². The highest BCUT2D eigenvalue weighted by Gasteiger charge is 2.13. The van der Waals surface area contributed by atoms with Crippen molar-refractivity contribution in [1.82, 2.24) is 10.3 Å². The number of carbonyl (C=O) groups excluding carboxylic acids is 1. The molecule has 0 aliphatic rings. The first-order valence-corrected chi connectivity index (χ1v) is 6.93. The van der Waals surface area contributed by atoms with Gasteiger partial charge in [0.15, 0.2) is 0 Å². The molecule has 0 saturated carbocycles. The second kappa shape index (κ2) is 6.25. The van der Waals surface area contributed by atoms with Crippen LogP contribution in [0.1, 0.15) is 26.7 Å². The topological polar surface area (TPSA) is 92.4 Å². The summed E-state index contributed by atoms with van der Waals surface area (Å²) in [5, 5.41) is 12.0. The number of nitrogens with zero attached hydrogens (tertiary/aromatic N) is 1. The number of aromatic nitrogens is 1. The smallest absolute Gasteiger partial charge is 0.371 e. The van der Waals surface area contributed by atoms with Gasteiger partial charge in [-0.05, 0) is 30.5 Å². The van der Waals surface area contributed by atoms with Crippen molar-refractivity contribution in [2.75, 3.05) is 6.26 Å². The van der Waals surface area contributed by atoms with E-state index >= 15 is 0 Å². The molecule has 2 N–H and O–H groups in total. The van der Waals surface area contributed by atoms with E-state index in [0.29, 0.717) is 16.3 Å². The van der Waals surface area contributed by atoms with Crippen LogP contribution in [-0.4, -0.2) is 28.2 Å². The molecule has 0 bridgehead atoms. The highest BCUT2D eigenvalue weighted by atomic mass is 32.2. The van der Waals surface area contributed by atoms with Gasteiger partial charge in [-0.3, -0.25) is 4.79 Å². The van der Waals surface area contributed by atoms with Crippen LogP contribution in [0.4, 0.5) is 0 Å². The van der Waals surface area contributed by atoms with Crippen molar-refractivity contribution in [1.29, 1.82) is 0 Å². The predicted octanol–water partition coefficient (Wildman–Crippen LogP) is 2.02. The molecular formula is C13H12N2O4S. The van der Waals surface area contributed by atoms with Crippen LogP contribution in [0.3, 0.4) is 0 Å². The van der Waals surface area contributed by atoms with Crippen LogP contribution in [-0.2, 0) is 6.54 Å². The number of carbonyl (C=O) groups is 2. The van der Waals surface area contributed by atoms with Crippen molar-refractivity contribution in [2.45, 2.75) is 11.6 Å². The van der Waals surface area contributed by atoms with E-state index < -0.39 is 5.97 Å². The first-order chi connectivity index (χ1) is 9.61. The fourth-order valence-corrected chi connectivity index (χ4v) is 2.12. The molecule has 0 fully saturated rings. The molecule has 2 heterocycles. The summed E-state index contributed by atoms with van der Waals surface area (Å²) in [5.41, 5.74) is 0.477. The van der Waals surface area contributed by atoms with Crippen LogP contribution in [0, 0.1) is 0 Å². The molecule has 1 amide bonds. The molecule has 2 aromatic heterocycles. The van der Waals surface area contributed by atoms with Gasteiger partial charge >= 0.3 is 5.97 Å². The summed E-state index contributed by atoms with van der Waals surface area (Å²) in [6.45, 7) is 0.120. The van der Waals surface area contributed by atoms with Crippen LogP contribution in [0.15, 0.2) is 39.9 Å². The van der Waals surface area contributed by atoms with Gasteiger partial charge < -0.3 is 14.8 Å². The molecule has 0 unspecified atom stereocenters. The maximum absolute atomic E-state index is 12.0. The van der Waals surface area contributed by atoms with Gasteiger partial charge in [-0.25, -0.2) is 9.78 Å². The summed E-state index contributed by atoms with van der Waals surface area (Å²) in [4.78, 5) is 26.8. The van der Waals surface area contributed by atoms with Crippen molar-refractivity contribution in [3.63, 3.8) is 0 Å². The number of thioether (sulfide) groups is 1. The fraction of sp³-hybridized carbons (Fsp3) is 0.154. The van der Waals surface area contributed by atoms with Gasteiger partial charge in [-0.2, -0.15) is 0 Å². The first-order valence-electron chi connectivity index (χ1n) is 5.71. The van der Waals surface area contributed by atoms with E-state index in [9.17, 15) is 9.59 Å². The van der Waals surface area contributed by atoms with Gasteiger partial charge in [0, 0.05) is 6.20 Å². The van der Waals surface area contributed by atoms with Crippen LogP contribution in [0.5, 0.6) is 0 Å². The lowest BCUT2D eigenvalue weighted by Crippen LogP contribution is -2.23. The summed E-state index contributed by atoms with van der Waals surface area (Å²) in [6.07, 6.45) is 3.46. The molecule has 7 heteroatoms. The highest BCUT2D eigenvalue weighted by Crippen LogP contribution is 2.16. The second-order valence-electron chi connectivity index (χ2n) is 3.81. The van der Waals surface area contributed by atoms with Gasteiger partial charge in [0.25, 0.3) is 5.91 Å². The molecule has 0 aliphatic heterocycles. The number of aromatic carboxylic acids is 1. The van der Waals surface area contributed by atoms with Crippen molar-refractivity contribution in [3.05, 3.63) is 47.5 Å². The monoisotopic (exact) mass is 292 g/mol. The Kier molecular flexibility index (Phi) is 4.41. The molecule has 0 atom stereocenters. The molecule has 2 aromatic rings. The summed E-state index contributed by atoms with van der Waals surface area (Å²) < 4.78 is 5.05. The third kappa shape index (κ3) is 3.18. The lowest BCUT2D eigenvalue weighted by molar-refractivity contribution is 0.0660. The Morgan fingerprint density at radius 2 is 2.20 bits per heavy atom. The molecular weight excluding hydrogens is 280 g/mol. The zero-order valence-electron chi connectivity index (χ0n) is 10.6. The Balaban J connectivity index is 2.03. The van der Waals surface area contributed by atoms with Crippen molar-refractivity contribution < 1.29 is 19.1 Å². The molecule has 6 nitrogen and oxygen atoms in total. The minimum absolute atomic E-state index is 0.120. The molecule has 0 spiro atoms. The van der Waals surface area contributed by atoms with Crippen LogP contribution in [0.2, 0.25) is 0 Å². The summed E-state index contributed by atoms with van der Waals surface area (Å²) in [7, 11) is 0. The van der Waals surface area contributed by atoms with E-state index in [1.807, 2.05) is 6.26 Å². The average Bonchev–Trinajstić information content (AvgIpc) is 2.94. The molecule has 0 aliphatic carbocycles. The van der Waals surface area contributed by atoms with Crippen molar-refractivity contribution in [3.8, 4) is 0 Å². The Bertz CT molecular complexity index is 639. The number of hydrogen-bond acceptors (Lipinski definition) is 5. The number of rotatable bonds is 5. The number of nitrogens with one attached hydrogen (secondary N) is 1. The minimum atomic E-state index is -1.14. The number of pyridine rings is 1. The van der Waals surface area contributed by atoms with Crippen molar-refractivity contribution >= 4 is 23.6 Å². The normalized spacial score (nSPS) is 10.2. The van der Waals surface area contributed by atoms with Gasteiger partial charge in [0.2, 0.25) is 5.76 Å². The molecule has 0 aromatic carbocycles. The van der Waals surface area contributed by atoms with E-state index in [-0.39, 0.29) is 18.2 Å². The molecule has 2 rings (SSSR count). The van der Waals surface area contributed by atoms with Crippen LogP contribution < -0.4 is 5.32 Å². The van der Waals surface area contributed by atoms with E-state index in [1.54, 1.807) is 18.3 Å². The lowest BCUT2D eigenvalue weighted by atomic mass is 10.2. The molecule has 20 heavy (non-hydrogen) atoms. The van der Waals surface area contributed by atoms with E-state index in [0.717, 1.165) is 0 Å². The van der Waals surface area contributed by atoms with E-state index in [1.165, 1.54) is 23.9 Å². The molecule has 104 valence electrons. The quantitative estimate of drug-likeness (QED) is 0.819. The largest absolute Gasteiger partial charge is 0.475 e. The zero-order valence-corrected chi connectivity index (χ0v) is 11.4. The van der Waals surface area contributed by atoms with Crippen LogP contribution in [0.25, 0.3) is 0 Å². The summed E-state index contributed by atoms with van der Waals surface area (Å²) in [6, 6.07) is 6.23. The van der Waals surface area contributed by atoms with Gasteiger partial charge in [-0.1, -0.05) is 0 Å². The summed E-state index contributed by atoms with van der Waals surface area (Å²) >= 11 is 1.38. The van der Waals surface area contributed by atoms with E-state index in [2.05, 4.69) is 10.3 Å². The highest BCUT2D eigenvalue weighted by molar-refractivity contribution is 7.98. The van der Waals surface area contributed by atoms with E-state index in [4.69, 9.17) is 9.52 Å². The fourth-order valence-electron chi connectivity index (χ4n) is 1.58. The second-order valence-corrected chi connectivity index (χ2v) is 4.61. The Labute approximate surface area is 119 Å². The predicted molar refractivity (Wildman–Crippen MR) is 72.9 cm³/mol. The van der Waals surface area contributed by atoms with Gasteiger partial charge in [0.05, 0.1) is 12.1 Å². The molecule has 0 saturated heterocycles.